The normalized spacial score (nSPS) is 16.8. The predicted octanol–water partition coefficient (Wildman–Crippen LogP) is 4.00. The molecule has 0 saturated heterocycles. The van der Waals surface area contributed by atoms with E-state index in [-0.39, 0.29) is 0 Å². The zero-order valence-electron chi connectivity index (χ0n) is 10.0. The Morgan fingerprint density at radius 2 is 2.12 bits per heavy atom. The topological polar surface area (TPSA) is 12.0 Å². The molecule has 3 heteroatoms. The first kappa shape index (κ1) is 11.5. The molecular weight excluding hydrogens is 246 g/mol. The molecule has 0 aromatic carbocycles. The number of hydrogen-bond acceptors (Lipinski definition) is 3. The molecule has 17 heavy (non-hydrogen) atoms. The second kappa shape index (κ2) is 4.92. The van der Waals surface area contributed by atoms with Crippen LogP contribution in [0.2, 0.25) is 0 Å². The molecule has 0 fully saturated rings. The highest BCUT2D eigenvalue weighted by molar-refractivity contribution is 7.13. The number of rotatable bonds is 3. The van der Waals surface area contributed by atoms with Gasteiger partial charge in [0.2, 0.25) is 0 Å². The highest BCUT2D eigenvalue weighted by atomic mass is 32.1. The lowest BCUT2D eigenvalue weighted by molar-refractivity contribution is 0.694. The van der Waals surface area contributed by atoms with Crippen LogP contribution in [0.25, 0.3) is 0 Å². The summed E-state index contributed by atoms with van der Waals surface area (Å²) in [5.41, 5.74) is 1.60. The largest absolute Gasteiger partial charge is 0.308 e. The van der Waals surface area contributed by atoms with E-state index in [0.717, 1.165) is 0 Å². The van der Waals surface area contributed by atoms with Crippen molar-refractivity contribution in [2.75, 3.05) is 7.05 Å². The van der Waals surface area contributed by atoms with Gasteiger partial charge in [-0.05, 0) is 55.8 Å². The summed E-state index contributed by atoms with van der Waals surface area (Å²) in [6.07, 6.45) is 5.32. The molecule has 1 atom stereocenters. The van der Waals surface area contributed by atoms with Gasteiger partial charge in [-0.25, -0.2) is 0 Å². The van der Waals surface area contributed by atoms with Gasteiger partial charge in [-0.2, -0.15) is 0 Å². The van der Waals surface area contributed by atoms with Gasteiger partial charge < -0.3 is 5.32 Å². The second-order valence-corrected chi connectivity index (χ2v) is 6.69. The van der Waals surface area contributed by atoms with Gasteiger partial charge in [0.05, 0.1) is 6.04 Å². The van der Waals surface area contributed by atoms with Crippen molar-refractivity contribution in [2.24, 2.45) is 0 Å². The van der Waals surface area contributed by atoms with E-state index in [1.807, 2.05) is 22.7 Å². The molecule has 1 aliphatic rings. The molecule has 2 aromatic heterocycles. The van der Waals surface area contributed by atoms with Crippen LogP contribution in [0.4, 0.5) is 0 Å². The fraction of sp³-hybridized carbons (Fsp3) is 0.429. The van der Waals surface area contributed by atoms with Gasteiger partial charge in [0, 0.05) is 14.6 Å². The zero-order chi connectivity index (χ0) is 11.7. The maximum Gasteiger partial charge on any atom is 0.0762 e. The number of aryl methyl sites for hydroxylation is 2. The Morgan fingerprint density at radius 3 is 2.82 bits per heavy atom. The molecule has 0 aliphatic heterocycles. The third-order valence-corrected chi connectivity index (χ3v) is 5.66. The number of nitrogens with one attached hydrogen (secondary N) is 1. The van der Waals surface area contributed by atoms with Crippen LogP contribution in [-0.2, 0) is 12.8 Å². The summed E-state index contributed by atoms with van der Waals surface area (Å²) in [6, 6.07) is 7.19. The van der Waals surface area contributed by atoms with Gasteiger partial charge in [0.15, 0.2) is 0 Å². The average molecular weight is 263 g/mol. The number of hydrogen-bond donors (Lipinski definition) is 1. The molecule has 0 radical (unpaired) electrons. The first-order chi connectivity index (χ1) is 8.38. The minimum Gasteiger partial charge on any atom is -0.308 e. The maximum absolute atomic E-state index is 3.45. The van der Waals surface area contributed by atoms with Crippen LogP contribution in [0.1, 0.15) is 39.1 Å². The maximum atomic E-state index is 3.45. The van der Waals surface area contributed by atoms with E-state index < -0.39 is 0 Å². The minimum atomic E-state index is 0.394. The lowest BCUT2D eigenvalue weighted by Crippen LogP contribution is -2.15. The first-order valence-electron chi connectivity index (χ1n) is 6.20. The lowest BCUT2D eigenvalue weighted by Gasteiger charge is -2.12. The molecule has 2 heterocycles. The predicted molar refractivity (Wildman–Crippen MR) is 76.2 cm³/mol. The fourth-order valence-electron chi connectivity index (χ4n) is 2.54. The molecule has 1 aliphatic carbocycles. The van der Waals surface area contributed by atoms with Crippen molar-refractivity contribution in [3.63, 3.8) is 0 Å². The third kappa shape index (κ3) is 2.19. The van der Waals surface area contributed by atoms with Crippen molar-refractivity contribution in [1.82, 2.24) is 5.32 Å². The summed E-state index contributed by atoms with van der Waals surface area (Å²) < 4.78 is 0. The van der Waals surface area contributed by atoms with E-state index >= 15 is 0 Å². The van der Waals surface area contributed by atoms with Crippen molar-refractivity contribution in [1.29, 1.82) is 0 Å². The Morgan fingerprint density at radius 1 is 1.24 bits per heavy atom. The number of fused-ring (bicyclic) bond motifs is 1. The Bertz CT molecular complexity index is 461. The summed E-state index contributed by atoms with van der Waals surface area (Å²) in [7, 11) is 2.06. The van der Waals surface area contributed by atoms with Gasteiger partial charge in [0.1, 0.15) is 0 Å². The molecule has 0 bridgehead atoms. The molecule has 1 unspecified atom stereocenters. The molecule has 1 N–H and O–H groups in total. The van der Waals surface area contributed by atoms with Gasteiger partial charge in [-0.15, -0.1) is 22.7 Å². The smallest absolute Gasteiger partial charge is 0.0762 e. The first-order valence-corrected chi connectivity index (χ1v) is 7.90. The molecule has 3 rings (SSSR count). The van der Waals surface area contributed by atoms with E-state index in [9.17, 15) is 0 Å². The Hall–Kier alpha value is -0.640. The van der Waals surface area contributed by atoms with E-state index in [2.05, 4.69) is 35.9 Å². The zero-order valence-corrected chi connectivity index (χ0v) is 11.7. The monoisotopic (exact) mass is 263 g/mol. The summed E-state index contributed by atoms with van der Waals surface area (Å²) >= 11 is 3.85. The van der Waals surface area contributed by atoms with Crippen molar-refractivity contribution < 1.29 is 0 Å². The van der Waals surface area contributed by atoms with Crippen molar-refractivity contribution in [3.8, 4) is 0 Å². The SMILES string of the molecule is CNC(c1cccs1)c1cc2c(s1)CCCC2. The average Bonchev–Trinajstić information content (AvgIpc) is 2.98. The molecule has 0 amide bonds. The number of thiophene rings is 2. The summed E-state index contributed by atoms with van der Waals surface area (Å²) in [4.78, 5) is 4.54. The van der Waals surface area contributed by atoms with Crippen molar-refractivity contribution in [2.45, 2.75) is 31.7 Å². The van der Waals surface area contributed by atoms with Crippen LogP contribution in [-0.4, -0.2) is 7.05 Å². The molecule has 90 valence electrons. The van der Waals surface area contributed by atoms with Gasteiger partial charge >= 0.3 is 0 Å². The van der Waals surface area contributed by atoms with Crippen LogP contribution in [0.15, 0.2) is 23.6 Å². The fourth-order valence-corrected chi connectivity index (χ4v) is 4.85. The molecule has 0 spiro atoms. The van der Waals surface area contributed by atoms with Gasteiger partial charge in [-0.3, -0.25) is 0 Å². The van der Waals surface area contributed by atoms with Crippen LogP contribution >= 0.6 is 22.7 Å². The molecule has 0 saturated carbocycles. The Balaban J connectivity index is 1.94. The van der Waals surface area contributed by atoms with E-state index in [1.54, 1.807) is 10.4 Å². The van der Waals surface area contributed by atoms with Crippen LogP contribution in [0.5, 0.6) is 0 Å². The molecule has 2 aromatic rings. The standard InChI is InChI=1S/C14H17NS2/c1-15-14(12-7-4-8-16-12)13-9-10-5-2-3-6-11(10)17-13/h4,7-9,14-15H,2-3,5-6H2,1H3. The molecule has 1 nitrogen and oxygen atoms in total. The summed E-state index contributed by atoms with van der Waals surface area (Å²) in [5, 5.41) is 5.61. The second-order valence-electron chi connectivity index (χ2n) is 4.54. The minimum absolute atomic E-state index is 0.394. The van der Waals surface area contributed by atoms with Crippen molar-refractivity contribution in [3.05, 3.63) is 43.8 Å². The van der Waals surface area contributed by atoms with Crippen LogP contribution in [0, 0.1) is 0 Å². The quantitative estimate of drug-likeness (QED) is 0.882. The van der Waals surface area contributed by atoms with Gasteiger partial charge in [0.25, 0.3) is 0 Å². The van der Waals surface area contributed by atoms with E-state index in [1.165, 1.54) is 35.4 Å². The summed E-state index contributed by atoms with van der Waals surface area (Å²) in [5.74, 6) is 0. The van der Waals surface area contributed by atoms with E-state index in [4.69, 9.17) is 0 Å². The Labute approximate surface area is 111 Å². The van der Waals surface area contributed by atoms with Gasteiger partial charge in [-0.1, -0.05) is 6.07 Å². The van der Waals surface area contributed by atoms with Crippen LogP contribution < -0.4 is 5.32 Å². The third-order valence-electron chi connectivity index (χ3n) is 3.42. The summed E-state index contributed by atoms with van der Waals surface area (Å²) in [6.45, 7) is 0. The molecular formula is C14H17NS2. The highest BCUT2D eigenvalue weighted by Crippen LogP contribution is 2.36. The Kier molecular flexibility index (Phi) is 3.32. The van der Waals surface area contributed by atoms with Crippen molar-refractivity contribution >= 4 is 22.7 Å². The highest BCUT2D eigenvalue weighted by Gasteiger charge is 2.19. The lowest BCUT2D eigenvalue weighted by atomic mass is 9.99. The van der Waals surface area contributed by atoms with Crippen LogP contribution in [0.3, 0.4) is 0 Å². The van der Waals surface area contributed by atoms with E-state index in [0.29, 0.717) is 6.04 Å².